The van der Waals surface area contributed by atoms with Gasteiger partial charge in [0.1, 0.15) is 0 Å². The Hall–Kier alpha value is -0.260. The second kappa shape index (κ2) is 1.91. The van der Waals surface area contributed by atoms with E-state index in [0.29, 0.717) is 10.8 Å². The van der Waals surface area contributed by atoms with Gasteiger partial charge in [-0.15, -0.1) is 0 Å². The van der Waals surface area contributed by atoms with Crippen molar-refractivity contribution in [2.75, 3.05) is 0 Å². The van der Waals surface area contributed by atoms with Crippen LogP contribution in [0.15, 0.2) is 12.2 Å². The molecule has 0 heterocycles. The Labute approximate surface area is 69.7 Å². The van der Waals surface area contributed by atoms with Crippen molar-refractivity contribution in [3.05, 3.63) is 12.2 Å². The van der Waals surface area contributed by atoms with Crippen LogP contribution in [0.25, 0.3) is 0 Å². The van der Waals surface area contributed by atoms with Crippen LogP contribution < -0.4 is 0 Å². The molecule has 11 heavy (non-hydrogen) atoms. The van der Waals surface area contributed by atoms with Gasteiger partial charge in [0, 0.05) is 0 Å². The van der Waals surface area contributed by atoms with Crippen molar-refractivity contribution in [2.24, 2.45) is 16.7 Å². The van der Waals surface area contributed by atoms with Gasteiger partial charge in [0.05, 0.1) is 0 Å². The first-order valence-corrected chi connectivity index (χ1v) is 4.77. The zero-order chi connectivity index (χ0) is 8.11. The molecule has 0 saturated heterocycles. The molecule has 0 aliphatic heterocycles. The lowest BCUT2D eigenvalue weighted by molar-refractivity contribution is 0.271. The van der Waals surface area contributed by atoms with E-state index in [4.69, 9.17) is 0 Å². The minimum atomic E-state index is 0.574. The summed E-state index contributed by atoms with van der Waals surface area (Å²) in [4.78, 5) is 0. The molecule has 1 fully saturated rings. The molecule has 0 aromatic carbocycles. The normalized spacial score (nSPS) is 47.6. The van der Waals surface area contributed by atoms with Gasteiger partial charge in [-0.25, -0.2) is 0 Å². The third-order valence-electron chi connectivity index (χ3n) is 3.86. The topological polar surface area (TPSA) is 0 Å². The summed E-state index contributed by atoms with van der Waals surface area (Å²) >= 11 is 0. The third-order valence-corrected chi connectivity index (χ3v) is 3.86. The van der Waals surface area contributed by atoms with Gasteiger partial charge in [-0.1, -0.05) is 32.9 Å². The Morgan fingerprint density at radius 2 is 1.91 bits per heavy atom. The molecule has 0 radical (unpaired) electrons. The molecule has 0 N–H and O–H groups in total. The maximum Gasteiger partial charge on any atom is -0.00866 e. The molecule has 2 atom stereocenters. The molecule has 0 amide bonds. The molecular formula is C11H18. The van der Waals surface area contributed by atoms with E-state index in [1.807, 2.05) is 0 Å². The lowest BCUT2D eigenvalue weighted by Gasteiger charge is -2.27. The maximum atomic E-state index is 2.49. The second-order valence-electron chi connectivity index (χ2n) is 5.05. The van der Waals surface area contributed by atoms with E-state index in [0.717, 1.165) is 5.92 Å². The molecule has 0 spiro atoms. The van der Waals surface area contributed by atoms with Crippen molar-refractivity contribution in [1.29, 1.82) is 0 Å². The van der Waals surface area contributed by atoms with Gasteiger partial charge >= 0.3 is 0 Å². The summed E-state index contributed by atoms with van der Waals surface area (Å²) < 4.78 is 0. The summed E-state index contributed by atoms with van der Waals surface area (Å²) in [6.07, 6.45) is 9.20. The predicted octanol–water partition coefficient (Wildman–Crippen LogP) is 3.39. The van der Waals surface area contributed by atoms with E-state index in [-0.39, 0.29) is 0 Å². The lowest BCUT2D eigenvalue weighted by Crippen LogP contribution is -2.19. The summed E-state index contributed by atoms with van der Waals surface area (Å²) in [5.41, 5.74) is 1.17. The van der Waals surface area contributed by atoms with Crippen molar-refractivity contribution >= 4 is 0 Å². The molecule has 0 aromatic rings. The van der Waals surface area contributed by atoms with Gasteiger partial charge in [0.2, 0.25) is 0 Å². The standard InChI is InChI=1S/C11H18/c1-9(2)11-6-4-10(3,8-11)5-7-11/h4,6,9H,5,7-8H2,1-3H3/t10-,11+/m0/s1. The molecule has 0 nitrogen and oxygen atoms in total. The Kier molecular flexibility index (Phi) is 1.28. The molecule has 2 bridgehead atoms. The molecule has 62 valence electrons. The minimum Gasteiger partial charge on any atom is -0.0820 e. The second-order valence-corrected chi connectivity index (χ2v) is 5.05. The summed E-state index contributed by atoms with van der Waals surface area (Å²) in [7, 11) is 0. The fourth-order valence-corrected chi connectivity index (χ4v) is 2.78. The van der Waals surface area contributed by atoms with E-state index < -0.39 is 0 Å². The van der Waals surface area contributed by atoms with E-state index in [1.54, 1.807) is 0 Å². The zero-order valence-electron chi connectivity index (χ0n) is 7.85. The first-order chi connectivity index (χ1) is 5.06. The highest BCUT2D eigenvalue weighted by Gasteiger charge is 2.48. The average Bonchev–Trinajstić information content (AvgIpc) is 2.42. The summed E-state index contributed by atoms with van der Waals surface area (Å²) in [5.74, 6) is 0.836. The van der Waals surface area contributed by atoms with Crippen LogP contribution in [0.2, 0.25) is 0 Å². The minimum absolute atomic E-state index is 0.574. The maximum absolute atomic E-state index is 2.49. The number of hydrogen-bond acceptors (Lipinski definition) is 0. The predicted molar refractivity (Wildman–Crippen MR) is 48.4 cm³/mol. The number of hydrogen-bond donors (Lipinski definition) is 0. The van der Waals surface area contributed by atoms with Crippen LogP contribution in [0.3, 0.4) is 0 Å². The zero-order valence-corrected chi connectivity index (χ0v) is 7.85. The third kappa shape index (κ3) is 0.881. The Morgan fingerprint density at radius 3 is 2.09 bits per heavy atom. The smallest absolute Gasteiger partial charge is 0.00866 e. The van der Waals surface area contributed by atoms with Crippen LogP contribution in [0, 0.1) is 16.7 Å². The van der Waals surface area contributed by atoms with Crippen molar-refractivity contribution < 1.29 is 0 Å². The number of rotatable bonds is 1. The number of allylic oxidation sites excluding steroid dienone is 2. The SMILES string of the molecule is CC(C)[C@]12C=C[C@@](C)(CC1)C2. The summed E-state index contributed by atoms with van der Waals surface area (Å²) in [5, 5.41) is 0. The van der Waals surface area contributed by atoms with Crippen LogP contribution in [0.5, 0.6) is 0 Å². The first-order valence-electron chi connectivity index (χ1n) is 4.77. The van der Waals surface area contributed by atoms with E-state index in [1.165, 1.54) is 19.3 Å². The van der Waals surface area contributed by atoms with Crippen molar-refractivity contribution in [1.82, 2.24) is 0 Å². The lowest BCUT2D eigenvalue weighted by atomic mass is 9.77. The van der Waals surface area contributed by atoms with Crippen LogP contribution in [-0.4, -0.2) is 0 Å². The molecule has 0 heteroatoms. The van der Waals surface area contributed by atoms with Crippen molar-refractivity contribution in [2.45, 2.75) is 40.0 Å². The molecule has 2 rings (SSSR count). The Bertz CT molecular complexity index is 202. The highest BCUT2D eigenvalue weighted by atomic mass is 14.5. The fraction of sp³-hybridized carbons (Fsp3) is 0.818. The first kappa shape index (κ1) is 7.39. The van der Waals surface area contributed by atoms with Crippen LogP contribution >= 0.6 is 0 Å². The Balaban J connectivity index is 2.29. The van der Waals surface area contributed by atoms with Gasteiger partial charge in [-0.2, -0.15) is 0 Å². The van der Waals surface area contributed by atoms with Crippen LogP contribution in [-0.2, 0) is 0 Å². The molecule has 0 unspecified atom stereocenters. The largest absolute Gasteiger partial charge is 0.0820 e. The van der Waals surface area contributed by atoms with Gasteiger partial charge in [-0.05, 0) is 36.0 Å². The highest BCUT2D eigenvalue weighted by molar-refractivity contribution is 5.21. The number of fused-ring (bicyclic) bond motifs is 2. The van der Waals surface area contributed by atoms with Crippen molar-refractivity contribution in [3.8, 4) is 0 Å². The average molecular weight is 150 g/mol. The molecule has 2 aliphatic rings. The fourth-order valence-electron chi connectivity index (χ4n) is 2.78. The molecular weight excluding hydrogens is 132 g/mol. The van der Waals surface area contributed by atoms with Gasteiger partial charge in [-0.3, -0.25) is 0 Å². The summed E-state index contributed by atoms with van der Waals surface area (Å²) in [6, 6.07) is 0. The quantitative estimate of drug-likeness (QED) is 0.503. The van der Waals surface area contributed by atoms with Gasteiger partial charge < -0.3 is 0 Å². The Morgan fingerprint density at radius 1 is 1.18 bits per heavy atom. The molecule has 0 aromatic heterocycles. The van der Waals surface area contributed by atoms with E-state index in [2.05, 4.69) is 32.9 Å². The van der Waals surface area contributed by atoms with Crippen LogP contribution in [0.1, 0.15) is 40.0 Å². The van der Waals surface area contributed by atoms with E-state index >= 15 is 0 Å². The van der Waals surface area contributed by atoms with Crippen molar-refractivity contribution in [3.63, 3.8) is 0 Å². The summed E-state index contributed by atoms with van der Waals surface area (Å²) in [6.45, 7) is 7.13. The van der Waals surface area contributed by atoms with Gasteiger partial charge in [0.25, 0.3) is 0 Å². The van der Waals surface area contributed by atoms with Crippen LogP contribution in [0.4, 0.5) is 0 Å². The highest BCUT2D eigenvalue weighted by Crippen LogP contribution is 2.59. The monoisotopic (exact) mass is 150 g/mol. The molecule has 2 aliphatic carbocycles. The molecule has 1 saturated carbocycles. The van der Waals surface area contributed by atoms with E-state index in [9.17, 15) is 0 Å². The van der Waals surface area contributed by atoms with Gasteiger partial charge in [0.15, 0.2) is 0 Å².